The molecule has 4 atom stereocenters. The average molecular weight is 242 g/mol. The monoisotopic (exact) mass is 242 g/mol. The second kappa shape index (κ2) is 4.15. The Balaban J connectivity index is 2.03. The van der Waals surface area contributed by atoms with E-state index in [0.717, 1.165) is 0 Å². The number of ether oxygens (including phenoxy) is 3. The third-order valence-corrected chi connectivity index (χ3v) is 3.03. The van der Waals surface area contributed by atoms with Crippen LogP contribution in [-0.4, -0.2) is 35.9 Å². The van der Waals surface area contributed by atoms with Gasteiger partial charge in [-0.25, -0.2) is 0 Å². The number of Topliss-reactive ketones (excluding diaryl/α,β-unsaturated/α-hetero) is 2. The van der Waals surface area contributed by atoms with Crippen molar-refractivity contribution in [3.05, 3.63) is 0 Å². The fourth-order valence-electron chi connectivity index (χ4n) is 2.37. The molecule has 5 nitrogen and oxygen atoms in total. The number of fused-ring (bicyclic) bond motifs is 1. The Labute approximate surface area is 100 Å². The van der Waals surface area contributed by atoms with Gasteiger partial charge in [-0.05, 0) is 26.7 Å². The van der Waals surface area contributed by atoms with E-state index in [1.807, 2.05) is 6.92 Å². The topological polar surface area (TPSA) is 61.8 Å². The van der Waals surface area contributed by atoms with Gasteiger partial charge < -0.3 is 19.0 Å². The minimum absolute atomic E-state index is 0.0492. The highest BCUT2D eigenvalue weighted by Crippen LogP contribution is 2.37. The van der Waals surface area contributed by atoms with E-state index in [0.29, 0.717) is 6.42 Å². The Hall–Kier alpha value is -0.780. The first-order valence-corrected chi connectivity index (χ1v) is 5.84. The molecule has 17 heavy (non-hydrogen) atoms. The van der Waals surface area contributed by atoms with Gasteiger partial charge in [-0.3, -0.25) is 4.79 Å². The molecule has 2 saturated heterocycles. The minimum Gasteiger partial charge on any atom is -0.338 e. The van der Waals surface area contributed by atoms with Crippen LogP contribution in [0.1, 0.15) is 34.1 Å². The van der Waals surface area contributed by atoms with Gasteiger partial charge in [-0.15, -0.1) is 0 Å². The zero-order chi connectivity index (χ0) is 12.8. The van der Waals surface area contributed by atoms with Crippen LogP contribution in [0.15, 0.2) is 0 Å². The summed E-state index contributed by atoms with van der Waals surface area (Å²) in [4.78, 5) is 23.1. The van der Waals surface area contributed by atoms with E-state index in [1.54, 1.807) is 13.8 Å². The first-order valence-electron chi connectivity index (χ1n) is 5.84. The van der Waals surface area contributed by atoms with E-state index in [4.69, 9.17) is 14.2 Å². The smallest absolute Gasteiger partial charge is 0.195 e. The fraction of sp³-hybridized carbons (Fsp3) is 0.833. The van der Waals surface area contributed by atoms with Crippen molar-refractivity contribution in [2.24, 2.45) is 5.92 Å². The molecule has 2 fully saturated rings. The lowest BCUT2D eigenvalue weighted by atomic mass is 9.95. The zero-order valence-corrected chi connectivity index (χ0v) is 10.6. The van der Waals surface area contributed by atoms with Crippen LogP contribution in [0.5, 0.6) is 0 Å². The van der Waals surface area contributed by atoms with Gasteiger partial charge in [0.05, 0.1) is 0 Å². The number of carbonyl (C=O) groups is 2. The molecule has 2 rings (SSSR count). The number of carbonyl (C=O) groups excluding carboxylic acids is 2. The van der Waals surface area contributed by atoms with Gasteiger partial charge in [0.1, 0.15) is 11.9 Å². The highest BCUT2D eigenvalue weighted by Gasteiger charge is 2.55. The van der Waals surface area contributed by atoms with Gasteiger partial charge in [0.15, 0.2) is 24.0 Å². The summed E-state index contributed by atoms with van der Waals surface area (Å²) in [6.07, 6.45) is -1.54. The van der Waals surface area contributed by atoms with E-state index in [9.17, 15) is 9.59 Å². The van der Waals surface area contributed by atoms with Crippen LogP contribution >= 0.6 is 0 Å². The van der Waals surface area contributed by atoms with Crippen LogP contribution in [-0.2, 0) is 23.8 Å². The van der Waals surface area contributed by atoms with Crippen molar-refractivity contribution in [3.8, 4) is 0 Å². The van der Waals surface area contributed by atoms with E-state index in [2.05, 4.69) is 0 Å². The van der Waals surface area contributed by atoms with E-state index >= 15 is 0 Å². The summed E-state index contributed by atoms with van der Waals surface area (Å²) in [6, 6.07) is 0. The molecule has 0 spiro atoms. The van der Waals surface area contributed by atoms with E-state index < -0.39 is 24.3 Å². The largest absolute Gasteiger partial charge is 0.338 e. The van der Waals surface area contributed by atoms with E-state index in [-0.39, 0.29) is 17.5 Å². The van der Waals surface area contributed by atoms with Gasteiger partial charge in [0.2, 0.25) is 0 Å². The highest BCUT2D eigenvalue weighted by atomic mass is 16.8. The molecule has 5 heteroatoms. The Morgan fingerprint density at radius 2 is 2.06 bits per heavy atom. The summed E-state index contributed by atoms with van der Waals surface area (Å²) < 4.78 is 16.5. The SMILES string of the molecule is CC(=O)C[C@H](C)[C@@H]1O[C@@H]2OC(C)(C)O[C@@H]2C1=O. The highest BCUT2D eigenvalue weighted by molar-refractivity contribution is 5.90. The molecule has 0 aromatic carbocycles. The summed E-state index contributed by atoms with van der Waals surface area (Å²) in [5.41, 5.74) is 0. The van der Waals surface area contributed by atoms with Crippen LogP contribution in [0.3, 0.4) is 0 Å². The zero-order valence-electron chi connectivity index (χ0n) is 10.6. The van der Waals surface area contributed by atoms with Crippen molar-refractivity contribution in [1.82, 2.24) is 0 Å². The van der Waals surface area contributed by atoms with Crippen LogP contribution in [0.25, 0.3) is 0 Å². The van der Waals surface area contributed by atoms with E-state index in [1.165, 1.54) is 6.92 Å². The average Bonchev–Trinajstić information content (AvgIpc) is 2.60. The predicted molar refractivity (Wildman–Crippen MR) is 58.2 cm³/mol. The summed E-state index contributed by atoms with van der Waals surface area (Å²) in [5.74, 6) is -0.983. The first-order chi connectivity index (χ1) is 7.80. The van der Waals surface area contributed by atoms with Crippen molar-refractivity contribution < 1.29 is 23.8 Å². The standard InChI is InChI=1S/C12H18O5/c1-6(5-7(2)13)9-8(14)10-11(15-9)17-12(3,4)16-10/h6,9-11H,5H2,1-4H3/t6-,9-,10+,11+/m0/s1. The summed E-state index contributed by atoms with van der Waals surface area (Å²) in [6.45, 7) is 6.83. The Kier molecular flexibility index (Phi) is 3.10. The lowest BCUT2D eigenvalue weighted by Crippen LogP contribution is -2.34. The maximum atomic E-state index is 12.1. The summed E-state index contributed by atoms with van der Waals surface area (Å²) in [5, 5.41) is 0. The Morgan fingerprint density at radius 3 is 2.59 bits per heavy atom. The third kappa shape index (κ3) is 2.41. The number of ketones is 2. The molecule has 0 amide bonds. The third-order valence-electron chi connectivity index (χ3n) is 3.03. The summed E-state index contributed by atoms with van der Waals surface area (Å²) in [7, 11) is 0. The normalized spacial score (nSPS) is 36.9. The maximum Gasteiger partial charge on any atom is 0.195 e. The van der Waals surface area contributed by atoms with Gasteiger partial charge >= 0.3 is 0 Å². The van der Waals surface area contributed by atoms with Crippen LogP contribution in [0, 0.1) is 5.92 Å². The molecule has 0 bridgehead atoms. The molecule has 0 unspecified atom stereocenters. The molecule has 2 aliphatic heterocycles. The van der Waals surface area contributed by atoms with Crippen molar-refractivity contribution >= 4 is 11.6 Å². The van der Waals surface area contributed by atoms with Crippen LogP contribution in [0.4, 0.5) is 0 Å². The molecule has 0 aromatic rings. The minimum atomic E-state index is -0.778. The van der Waals surface area contributed by atoms with Gasteiger partial charge in [0, 0.05) is 6.42 Å². The summed E-state index contributed by atoms with van der Waals surface area (Å²) >= 11 is 0. The van der Waals surface area contributed by atoms with Crippen LogP contribution in [0.2, 0.25) is 0 Å². The number of rotatable bonds is 3. The molecular weight excluding hydrogens is 224 g/mol. The lowest BCUT2D eigenvalue weighted by Gasteiger charge is -2.22. The van der Waals surface area contributed by atoms with Gasteiger partial charge in [-0.1, -0.05) is 6.92 Å². The van der Waals surface area contributed by atoms with Gasteiger partial charge in [0.25, 0.3) is 0 Å². The second-order valence-corrected chi connectivity index (χ2v) is 5.27. The quantitative estimate of drug-likeness (QED) is 0.740. The molecule has 0 N–H and O–H groups in total. The second-order valence-electron chi connectivity index (χ2n) is 5.27. The molecule has 0 aromatic heterocycles. The number of hydrogen-bond acceptors (Lipinski definition) is 5. The molecular formula is C12H18O5. The predicted octanol–water partition coefficient (Wildman–Crippen LogP) is 1.05. The van der Waals surface area contributed by atoms with Crippen LogP contribution < -0.4 is 0 Å². The molecule has 0 aliphatic carbocycles. The molecule has 0 radical (unpaired) electrons. The van der Waals surface area contributed by atoms with Gasteiger partial charge in [-0.2, -0.15) is 0 Å². The molecule has 2 aliphatic rings. The van der Waals surface area contributed by atoms with Crippen molar-refractivity contribution in [1.29, 1.82) is 0 Å². The number of hydrogen-bond donors (Lipinski definition) is 0. The first kappa shape index (κ1) is 12.7. The lowest BCUT2D eigenvalue weighted by molar-refractivity contribution is -0.208. The molecule has 96 valence electrons. The van der Waals surface area contributed by atoms with Crippen molar-refractivity contribution in [2.45, 2.75) is 58.4 Å². The van der Waals surface area contributed by atoms with Crippen molar-refractivity contribution in [2.75, 3.05) is 0 Å². The molecule has 0 saturated carbocycles. The maximum absolute atomic E-state index is 12.1. The Morgan fingerprint density at radius 1 is 1.41 bits per heavy atom. The Bertz CT molecular complexity index is 349. The van der Waals surface area contributed by atoms with Crippen molar-refractivity contribution in [3.63, 3.8) is 0 Å². The molecule has 2 heterocycles. The fourth-order valence-corrected chi connectivity index (χ4v) is 2.37.